The highest BCUT2D eigenvalue weighted by molar-refractivity contribution is 5.84. The summed E-state index contributed by atoms with van der Waals surface area (Å²) in [6.45, 7) is 3.73. The first-order chi connectivity index (χ1) is 8.60. The summed E-state index contributed by atoms with van der Waals surface area (Å²) in [5.74, 6) is 0.0273. The van der Waals surface area contributed by atoms with E-state index < -0.39 is 0 Å². The molecule has 1 aromatic carbocycles. The van der Waals surface area contributed by atoms with Crippen molar-refractivity contribution >= 4 is 11.6 Å². The monoisotopic (exact) mass is 243 g/mol. The molecule has 1 amide bonds. The second-order valence-electron chi connectivity index (χ2n) is 4.79. The number of hydrogen-bond acceptors (Lipinski definition) is 3. The van der Waals surface area contributed by atoms with Crippen LogP contribution in [0.15, 0.2) is 18.2 Å². The van der Waals surface area contributed by atoms with Crippen molar-refractivity contribution in [2.24, 2.45) is 0 Å². The fourth-order valence-electron chi connectivity index (χ4n) is 1.75. The Balaban J connectivity index is 1.97. The van der Waals surface area contributed by atoms with Gasteiger partial charge in [-0.05, 0) is 50.5 Å². The molecule has 1 aliphatic carbocycles. The number of rotatable bonds is 4. The maximum absolute atomic E-state index is 11.8. The fourth-order valence-corrected chi connectivity index (χ4v) is 1.75. The van der Waals surface area contributed by atoms with E-state index >= 15 is 0 Å². The summed E-state index contributed by atoms with van der Waals surface area (Å²) >= 11 is 0. The van der Waals surface area contributed by atoms with Crippen LogP contribution >= 0.6 is 0 Å². The van der Waals surface area contributed by atoms with Gasteiger partial charge in [0.2, 0.25) is 5.91 Å². The average Bonchev–Trinajstić information content (AvgIpc) is 3.13. The highest BCUT2D eigenvalue weighted by atomic mass is 16.2. The van der Waals surface area contributed by atoms with Gasteiger partial charge in [-0.25, -0.2) is 0 Å². The van der Waals surface area contributed by atoms with Gasteiger partial charge in [-0.3, -0.25) is 4.79 Å². The van der Waals surface area contributed by atoms with Crippen LogP contribution in [0.4, 0.5) is 5.69 Å². The number of amides is 1. The second kappa shape index (κ2) is 5.09. The lowest BCUT2D eigenvalue weighted by atomic mass is 10.1. The van der Waals surface area contributed by atoms with Crippen LogP contribution in [0, 0.1) is 18.3 Å². The van der Waals surface area contributed by atoms with Gasteiger partial charge in [0.15, 0.2) is 0 Å². The number of anilines is 1. The Morgan fingerprint density at radius 1 is 1.50 bits per heavy atom. The molecule has 1 aliphatic rings. The van der Waals surface area contributed by atoms with E-state index in [1.54, 1.807) is 6.07 Å². The van der Waals surface area contributed by atoms with Gasteiger partial charge in [0.1, 0.15) is 6.04 Å². The van der Waals surface area contributed by atoms with Crippen molar-refractivity contribution in [3.8, 4) is 6.07 Å². The lowest BCUT2D eigenvalue weighted by molar-refractivity contribution is -0.121. The summed E-state index contributed by atoms with van der Waals surface area (Å²) in [7, 11) is 0. The van der Waals surface area contributed by atoms with Gasteiger partial charge in [0.05, 0.1) is 11.6 Å². The molecular formula is C14H17N3O. The van der Waals surface area contributed by atoms with E-state index in [0.29, 0.717) is 11.6 Å². The van der Waals surface area contributed by atoms with E-state index in [1.165, 1.54) is 0 Å². The smallest absolute Gasteiger partial charge is 0.242 e. The predicted molar refractivity (Wildman–Crippen MR) is 70.1 cm³/mol. The van der Waals surface area contributed by atoms with Gasteiger partial charge in [0, 0.05) is 11.7 Å². The van der Waals surface area contributed by atoms with Gasteiger partial charge in [0.25, 0.3) is 0 Å². The Hall–Kier alpha value is -2.02. The molecule has 94 valence electrons. The van der Waals surface area contributed by atoms with Crippen LogP contribution in [0.1, 0.15) is 30.9 Å². The summed E-state index contributed by atoms with van der Waals surface area (Å²) in [4.78, 5) is 11.8. The number of carbonyl (C=O) groups is 1. The van der Waals surface area contributed by atoms with Crippen LogP contribution in [0.25, 0.3) is 0 Å². The first kappa shape index (κ1) is 12.4. The third-order valence-corrected chi connectivity index (χ3v) is 3.05. The standard InChI is InChI=1S/C14H17N3O/c1-9-7-13(4-3-11(9)8-15)16-10(2)14(18)17-12-5-6-12/h3-4,7,10,12,16H,5-6H2,1-2H3,(H,17,18). The van der Waals surface area contributed by atoms with Crippen molar-refractivity contribution in [2.75, 3.05) is 5.32 Å². The summed E-state index contributed by atoms with van der Waals surface area (Å²) in [6.07, 6.45) is 2.18. The van der Waals surface area contributed by atoms with Crippen molar-refractivity contribution in [3.05, 3.63) is 29.3 Å². The number of hydrogen-bond donors (Lipinski definition) is 2. The molecule has 0 saturated heterocycles. The second-order valence-corrected chi connectivity index (χ2v) is 4.79. The molecule has 4 heteroatoms. The maximum Gasteiger partial charge on any atom is 0.242 e. The van der Waals surface area contributed by atoms with Gasteiger partial charge >= 0.3 is 0 Å². The van der Waals surface area contributed by atoms with Crippen molar-refractivity contribution < 1.29 is 4.79 Å². The first-order valence-corrected chi connectivity index (χ1v) is 6.18. The fraction of sp³-hybridized carbons (Fsp3) is 0.429. The van der Waals surface area contributed by atoms with Gasteiger partial charge in [-0.2, -0.15) is 5.26 Å². The van der Waals surface area contributed by atoms with Gasteiger partial charge < -0.3 is 10.6 Å². The lowest BCUT2D eigenvalue weighted by Crippen LogP contribution is -2.38. The number of benzene rings is 1. The Morgan fingerprint density at radius 3 is 2.78 bits per heavy atom. The molecular weight excluding hydrogens is 226 g/mol. The molecule has 0 heterocycles. The van der Waals surface area contributed by atoms with E-state index in [4.69, 9.17) is 5.26 Å². The summed E-state index contributed by atoms with van der Waals surface area (Å²) in [5.41, 5.74) is 2.44. The van der Waals surface area contributed by atoms with Crippen LogP contribution in [0.2, 0.25) is 0 Å². The number of nitrogens with zero attached hydrogens (tertiary/aromatic N) is 1. The molecule has 1 aromatic rings. The van der Waals surface area contributed by atoms with E-state index in [9.17, 15) is 4.79 Å². The minimum Gasteiger partial charge on any atom is -0.374 e. The van der Waals surface area contributed by atoms with Crippen LogP contribution in [-0.4, -0.2) is 18.0 Å². The molecule has 1 saturated carbocycles. The van der Waals surface area contributed by atoms with Gasteiger partial charge in [-0.1, -0.05) is 0 Å². The molecule has 4 nitrogen and oxygen atoms in total. The first-order valence-electron chi connectivity index (χ1n) is 6.18. The molecule has 0 spiro atoms. The zero-order valence-corrected chi connectivity index (χ0v) is 10.7. The summed E-state index contributed by atoms with van der Waals surface area (Å²) in [6, 6.07) is 7.72. The summed E-state index contributed by atoms with van der Waals surface area (Å²) < 4.78 is 0. The van der Waals surface area contributed by atoms with Crippen LogP contribution in [0.5, 0.6) is 0 Å². The Kier molecular flexibility index (Phi) is 3.52. The Labute approximate surface area is 107 Å². The largest absolute Gasteiger partial charge is 0.374 e. The Bertz CT molecular complexity index is 500. The highest BCUT2D eigenvalue weighted by Crippen LogP contribution is 2.19. The molecule has 2 N–H and O–H groups in total. The van der Waals surface area contributed by atoms with Crippen LogP contribution < -0.4 is 10.6 Å². The predicted octanol–water partition coefficient (Wildman–Crippen LogP) is 1.95. The zero-order valence-electron chi connectivity index (χ0n) is 10.7. The molecule has 0 aliphatic heterocycles. The zero-order chi connectivity index (χ0) is 13.1. The van der Waals surface area contributed by atoms with Crippen LogP contribution in [0.3, 0.4) is 0 Å². The molecule has 0 bridgehead atoms. The minimum absolute atomic E-state index is 0.0273. The Morgan fingerprint density at radius 2 is 2.22 bits per heavy atom. The number of aryl methyl sites for hydroxylation is 1. The molecule has 18 heavy (non-hydrogen) atoms. The van der Waals surface area contributed by atoms with Crippen molar-refractivity contribution in [1.29, 1.82) is 5.26 Å². The number of nitrogens with one attached hydrogen (secondary N) is 2. The van der Waals surface area contributed by atoms with Crippen molar-refractivity contribution in [2.45, 2.75) is 38.8 Å². The maximum atomic E-state index is 11.8. The lowest BCUT2D eigenvalue weighted by Gasteiger charge is -2.15. The van der Waals surface area contributed by atoms with Crippen LogP contribution in [-0.2, 0) is 4.79 Å². The molecule has 1 unspecified atom stereocenters. The summed E-state index contributed by atoms with van der Waals surface area (Å²) in [5, 5.41) is 15.0. The molecule has 1 atom stereocenters. The SMILES string of the molecule is Cc1cc(NC(C)C(=O)NC2CC2)ccc1C#N. The molecule has 0 radical (unpaired) electrons. The number of nitriles is 1. The third kappa shape index (κ3) is 3.01. The average molecular weight is 243 g/mol. The van der Waals surface area contributed by atoms with E-state index in [-0.39, 0.29) is 11.9 Å². The minimum atomic E-state index is -0.266. The molecule has 1 fully saturated rings. The normalized spacial score (nSPS) is 15.6. The molecule has 2 rings (SSSR count). The third-order valence-electron chi connectivity index (χ3n) is 3.05. The van der Waals surface area contributed by atoms with Crippen molar-refractivity contribution in [1.82, 2.24) is 5.32 Å². The highest BCUT2D eigenvalue weighted by Gasteiger charge is 2.25. The van der Waals surface area contributed by atoms with E-state index in [0.717, 1.165) is 24.1 Å². The quantitative estimate of drug-likeness (QED) is 0.849. The topological polar surface area (TPSA) is 64.9 Å². The molecule has 0 aromatic heterocycles. The van der Waals surface area contributed by atoms with Gasteiger partial charge in [-0.15, -0.1) is 0 Å². The van der Waals surface area contributed by atoms with Crippen molar-refractivity contribution in [3.63, 3.8) is 0 Å². The van der Waals surface area contributed by atoms with E-state index in [2.05, 4.69) is 16.7 Å². The van der Waals surface area contributed by atoms with E-state index in [1.807, 2.05) is 26.0 Å². The number of carbonyl (C=O) groups excluding carboxylic acids is 1.